The van der Waals surface area contributed by atoms with Crippen LogP contribution in [0, 0.1) is 5.92 Å². The van der Waals surface area contributed by atoms with Crippen molar-refractivity contribution < 1.29 is 9.59 Å². The number of urea groups is 1. The first-order valence-electron chi connectivity index (χ1n) is 10.8. The lowest BCUT2D eigenvalue weighted by molar-refractivity contribution is -0.127. The second-order valence-electron chi connectivity index (χ2n) is 7.91. The Kier molecular flexibility index (Phi) is 7.71. The van der Waals surface area contributed by atoms with Gasteiger partial charge in [0.05, 0.1) is 5.92 Å². The first-order valence-corrected chi connectivity index (χ1v) is 10.8. The van der Waals surface area contributed by atoms with Crippen LogP contribution < -0.4 is 10.6 Å². The van der Waals surface area contributed by atoms with E-state index in [1.54, 1.807) is 0 Å². The Morgan fingerprint density at radius 2 is 1.79 bits per heavy atom. The van der Waals surface area contributed by atoms with E-state index in [-0.39, 0.29) is 17.9 Å². The minimum Gasteiger partial charge on any atom is -0.355 e. The van der Waals surface area contributed by atoms with Crippen LogP contribution in [0.4, 0.5) is 4.79 Å². The van der Waals surface area contributed by atoms with Crippen molar-refractivity contribution in [3.8, 4) is 0 Å². The summed E-state index contributed by atoms with van der Waals surface area (Å²) in [5.74, 6) is 0.284. The van der Waals surface area contributed by atoms with E-state index >= 15 is 0 Å². The number of carbonyl (C=O) groups excluding carboxylic acids is 2. The molecule has 1 aromatic rings. The molecule has 1 aromatic carbocycles. The molecule has 0 aromatic heterocycles. The van der Waals surface area contributed by atoms with Gasteiger partial charge in [-0.2, -0.15) is 0 Å². The van der Waals surface area contributed by atoms with Gasteiger partial charge in [-0.15, -0.1) is 0 Å². The van der Waals surface area contributed by atoms with E-state index in [1.165, 1.54) is 5.56 Å². The van der Waals surface area contributed by atoms with Crippen LogP contribution in [0.25, 0.3) is 0 Å². The average Bonchev–Trinajstić information content (AvgIpc) is 2.75. The number of nitrogens with one attached hydrogen (secondary N) is 2. The Labute approximate surface area is 168 Å². The van der Waals surface area contributed by atoms with Crippen LogP contribution in [0.5, 0.6) is 0 Å². The Hall–Kier alpha value is -2.08. The summed E-state index contributed by atoms with van der Waals surface area (Å²) in [4.78, 5) is 29.0. The van der Waals surface area contributed by atoms with Crippen LogP contribution in [0.1, 0.15) is 38.2 Å². The number of likely N-dealkylation sites (tertiary alicyclic amines) is 2. The minimum atomic E-state index is 0.0512. The average molecular weight is 387 g/mol. The summed E-state index contributed by atoms with van der Waals surface area (Å²) < 4.78 is 0. The largest absolute Gasteiger partial charge is 0.355 e. The van der Waals surface area contributed by atoms with Gasteiger partial charge in [0.15, 0.2) is 0 Å². The van der Waals surface area contributed by atoms with Crippen LogP contribution >= 0.6 is 0 Å². The molecule has 0 spiro atoms. The van der Waals surface area contributed by atoms with Crippen molar-refractivity contribution in [2.75, 3.05) is 39.3 Å². The maximum absolute atomic E-state index is 12.6. The van der Waals surface area contributed by atoms with Crippen molar-refractivity contribution in [1.29, 1.82) is 0 Å². The second kappa shape index (κ2) is 10.5. The molecule has 0 saturated carbocycles. The third-order valence-corrected chi connectivity index (χ3v) is 5.98. The van der Waals surface area contributed by atoms with Crippen LogP contribution in [0.15, 0.2) is 30.3 Å². The lowest BCUT2D eigenvalue weighted by Crippen LogP contribution is -2.52. The second-order valence-corrected chi connectivity index (χ2v) is 7.91. The van der Waals surface area contributed by atoms with Gasteiger partial charge in [-0.3, -0.25) is 9.69 Å². The van der Waals surface area contributed by atoms with Crippen LogP contribution in [-0.4, -0.2) is 67.0 Å². The van der Waals surface area contributed by atoms with Crippen LogP contribution in [-0.2, 0) is 11.2 Å². The van der Waals surface area contributed by atoms with E-state index in [0.717, 1.165) is 58.3 Å². The Balaban J connectivity index is 1.41. The smallest absolute Gasteiger partial charge is 0.317 e. The van der Waals surface area contributed by atoms with Gasteiger partial charge in [0, 0.05) is 38.8 Å². The van der Waals surface area contributed by atoms with E-state index in [9.17, 15) is 9.59 Å². The normalized spacial score (nSPS) is 21.3. The van der Waals surface area contributed by atoms with Gasteiger partial charge in [0.1, 0.15) is 0 Å². The first-order chi connectivity index (χ1) is 13.7. The highest BCUT2D eigenvalue weighted by Gasteiger charge is 2.32. The third-order valence-electron chi connectivity index (χ3n) is 5.98. The Morgan fingerprint density at radius 1 is 1.04 bits per heavy atom. The van der Waals surface area contributed by atoms with E-state index in [1.807, 2.05) is 30.0 Å². The number of nitrogens with zero attached hydrogens (tertiary/aromatic N) is 2. The lowest BCUT2D eigenvalue weighted by Gasteiger charge is -2.42. The zero-order valence-corrected chi connectivity index (χ0v) is 17.0. The summed E-state index contributed by atoms with van der Waals surface area (Å²) in [7, 11) is 0. The number of rotatable bonds is 6. The fourth-order valence-corrected chi connectivity index (χ4v) is 4.37. The quantitative estimate of drug-likeness (QED) is 0.788. The van der Waals surface area contributed by atoms with E-state index in [2.05, 4.69) is 27.7 Å². The maximum Gasteiger partial charge on any atom is 0.317 e. The van der Waals surface area contributed by atoms with Crippen molar-refractivity contribution in [3.05, 3.63) is 35.9 Å². The number of amides is 3. The molecule has 28 heavy (non-hydrogen) atoms. The molecule has 154 valence electrons. The van der Waals surface area contributed by atoms with Gasteiger partial charge < -0.3 is 15.5 Å². The number of hydrogen-bond acceptors (Lipinski definition) is 3. The predicted octanol–water partition coefficient (Wildman–Crippen LogP) is 2.25. The molecule has 0 aliphatic carbocycles. The minimum absolute atomic E-state index is 0.0512. The van der Waals surface area contributed by atoms with Gasteiger partial charge in [-0.25, -0.2) is 4.79 Å². The van der Waals surface area contributed by atoms with E-state index in [4.69, 9.17) is 0 Å². The molecule has 3 rings (SSSR count). The van der Waals surface area contributed by atoms with Crippen molar-refractivity contribution in [3.63, 3.8) is 0 Å². The first kappa shape index (κ1) is 20.6. The van der Waals surface area contributed by atoms with Crippen molar-refractivity contribution in [2.24, 2.45) is 5.92 Å². The van der Waals surface area contributed by atoms with Crippen molar-refractivity contribution in [1.82, 2.24) is 20.4 Å². The fraction of sp³-hybridized carbons (Fsp3) is 0.636. The molecule has 0 bridgehead atoms. The molecule has 6 nitrogen and oxygen atoms in total. The Bertz CT molecular complexity index is 629. The summed E-state index contributed by atoms with van der Waals surface area (Å²) in [5, 5.41) is 6.02. The summed E-state index contributed by atoms with van der Waals surface area (Å²) >= 11 is 0. The van der Waals surface area contributed by atoms with E-state index < -0.39 is 0 Å². The Morgan fingerprint density at radius 3 is 2.50 bits per heavy atom. The molecule has 0 radical (unpaired) electrons. The number of hydrogen-bond donors (Lipinski definition) is 2. The molecule has 1 atom stereocenters. The zero-order chi connectivity index (χ0) is 19.8. The van der Waals surface area contributed by atoms with Gasteiger partial charge in [-0.05, 0) is 51.1 Å². The van der Waals surface area contributed by atoms with E-state index in [0.29, 0.717) is 19.1 Å². The number of carbonyl (C=O) groups is 2. The van der Waals surface area contributed by atoms with Gasteiger partial charge in [0.25, 0.3) is 0 Å². The zero-order valence-electron chi connectivity index (χ0n) is 17.0. The fourth-order valence-electron chi connectivity index (χ4n) is 4.37. The van der Waals surface area contributed by atoms with Crippen LogP contribution in [0.3, 0.4) is 0 Å². The van der Waals surface area contributed by atoms with Gasteiger partial charge in [0.2, 0.25) is 5.91 Å². The van der Waals surface area contributed by atoms with Gasteiger partial charge >= 0.3 is 6.03 Å². The van der Waals surface area contributed by atoms with Crippen molar-refractivity contribution >= 4 is 11.9 Å². The highest BCUT2D eigenvalue weighted by Crippen LogP contribution is 2.24. The summed E-state index contributed by atoms with van der Waals surface area (Å²) in [6, 6.07) is 10.8. The molecule has 2 N–H and O–H groups in total. The van der Waals surface area contributed by atoms with Crippen molar-refractivity contribution in [2.45, 2.75) is 45.1 Å². The summed E-state index contributed by atoms with van der Waals surface area (Å²) in [6.07, 6.45) is 4.93. The number of benzene rings is 1. The monoisotopic (exact) mass is 386 g/mol. The molecular weight excluding hydrogens is 352 g/mol. The molecule has 6 heteroatoms. The maximum atomic E-state index is 12.6. The topological polar surface area (TPSA) is 64.7 Å². The molecule has 2 heterocycles. The van der Waals surface area contributed by atoms with Gasteiger partial charge in [-0.1, -0.05) is 30.3 Å². The predicted molar refractivity (Wildman–Crippen MR) is 111 cm³/mol. The SMILES string of the molecule is CCNC(=O)N1CCC(N2CCC[C@@H](C(=O)NCCc3ccccc3)C2)CC1. The summed E-state index contributed by atoms with van der Waals surface area (Å²) in [6.45, 7) is 6.85. The highest BCUT2D eigenvalue weighted by molar-refractivity contribution is 5.79. The highest BCUT2D eigenvalue weighted by atomic mass is 16.2. The number of piperidine rings is 2. The summed E-state index contributed by atoms with van der Waals surface area (Å²) in [5.41, 5.74) is 1.26. The lowest BCUT2D eigenvalue weighted by atomic mass is 9.93. The molecular formula is C22H34N4O2. The molecule has 3 amide bonds. The standard InChI is InChI=1S/C22H34N4O2/c1-2-23-22(28)25-15-11-20(12-16-25)26-14-6-9-19(17-26)21(27)24-13-10-18-7-4-3-5-8-18/h3-5,7-8,19-20H,2,6,9-17H2,1H3,(H,23,28)(H,24,27)/t19-/m1/s1. The molecule has 2 fully saturated rings. The third kappa shape index (κ3) is 5.71. The molecule has 2 aliphatic heterocycles. The molecule has 0 unspecified atom stereocenters. The van der Waals surface area contributed by atoms with Crippen LogP contribution in [0.2, 0.25) is 0 Å². The molecule has 2 aliphatic rings. The molecule has 2 saturated heterocycles.